The largest absolute Gasteiger partial charge is 0.486 e. The third-order valence-electron chi connectivity index (χ3n) is 2.31. The van der Waals surface area contributed by atoms with Crippen molar-refractivity contribution in [2.75, 3.05) is 0 Å². The highest BCUT2D eigenvalue weighted by Crippen LogP contribution is 2.31. The summed E-state index contributed by atoms with van der Waals surface area (Å²) in [6, 6.07) is 3.05. The van der Waals surface area contributed by atoms with Crippen molar-refractivity contribution in [2.45, 2.75) is 6.61 Å². The highest BCUT2D eigenvalue weighted by molar-refractivity contribution is 6.36. The van der Waals surface area contributed by atoms with Crippen molar-refractivity contribution < 1.29 is 9.53 Å². The Balaban J connectivity index is 2.20. The second kappa shape index (κ2) is 5.42. The van der Waals surface area contributed by atoms with Gasteiger partial charge in [-0.25, -0.2) is 0 Å². The number of aryl methyl sites for hydroxylation is 1. The Morgan fingerprint density at radius 3 is 2.83 bits per heavy atom. The number of rotatable bonds is 4. The molecule has 0 fully saturated rings. The molecule has 0 saturated heterocycles. The molecule has 6 heteroatoms. The van der Waals surface area contributed by atoms with Gasteiger partial charge in [-0.05, 0) is 12.1 Å². The molecule has 1 heterocycles. The third-order valence-corrected chi connectivity index (χ3v) is 2.80. The van der Waals surface area contributed by atoms with E-state index in [1.807, 2.05) is 13.2 Å². The summed E-state index contributed by atoms with van der Waals surface area (Å²) in [6.45, 7) is 0.288. The molecular weight excluding hydrogens is 275 g/mol. The van der Waals surface area contributed by atoms with Gasteiger partial charge in [0, 0.05) is 23.8 Å². The molecule has 18 heavy (non-hydrogen) atoms. The Labute approximate surface area is 114 Å². The third kappa shape index (κ3) is 2.83. The summed E-state index contributed by atoms with van der Waals surface area (Å²) in [5, 5.41) is 4.73. The lowest BCUT2D eigenvalue weighted by Gasteiger charge is -2.09. The van der Waals surface area contributed by atoms with Crippen LogP contribution < -0.4 is 4.74 Å². The molecule has 4 nitrogen and oxygen atoms in total. The summed E-state index contributed by atoms with van der Waals surface area (Å²) in [4.78, 5) is 10.9. The van der Waals surface area contributed by atoms with Crippen molar-refractivity contribution in [3.63, 3.8) is 0 Å². The topological polar surface area (TPSA) is 44.1 Å². The first kappa shape index (κ1) is 12.9. The number of hydrogen-bond acceptors (Lipinski definition) is 3. The van der Waals surface area contributed by atoms with Gasteiger partial charge in [-0.3, -0.25) is 9.48 Å². The highest BCUT2D eigenvalue weighted by Gasteiger charge is 2.10. The standard InChI is InChI=1S/C12H10Cl2N2O2/c1-16-5-8(4-15-16)7-18-12-9(6-17)2-10(13)3-11(12)14/h2-6H,7H2,1H3. The van der Waals surface area contributed by atoms with E-state index >= 15 is 0 Å². The van der Waals surface area contributed by atoms with Crippen LogP contribution >= 0.6 is 23.2 Å². The zero-order valence-corrected chi connectivity index (χ0v) is 11.1. The number of aromatic nitrogens is 2. The van der Waals surface area contributed by atoms with Crippen LogP contribution in [-0.4, -0.2) is 16.1 Å². The Morgan fingerprint density at radius 2 is 2.22 bits per heavy atom. The molecule has 0 bridgehead atoms. The van der Waals surface area contributed by atoms with E-state index in [-0.39, 0.29) is 6.61 Å². The Morgan fingerprint density at radius 1 is 1.44 bits per heavy atom. The first-order valence-electron chi connectivity index (χ1n) is 5.14. The van der Waals surface area contributed by atoms with E-state index in [0.717, 1.165) is 5.56 Å². The molecule has 94 valence electrons. The molecule has 0 aliphatic carbocycles. The second-order valence-electron chi connectivity index (χ2n) is 3.73. The van der Waals surface area contributed by atoms with E-state index < -0.39 is 0 Å². The number of carbonyl (C=O) groups excluding carboxylic acids is 1. The number of aldehydes is 1. The molecule has 0 aliphatic rings. The van der Waals surface area contributed by atoms with Crippen molar-refractivity contribution in [1.29, 1.82) is 0 Å². The Hall–Kier alpha value is -1.52. The average Bonchev–Trinajstić information content (AvgIpc) is 2.73. The van der Waals surface area contributed by atoms with Gasteiger partial charge in [-0.2, -0.15) is 5.10 Å². The van der Waals surface area contributed by atoms with E-state index in [1.54, 1.807) is 10.9 Å². The molecule has 1 aromatic heterocycles. The summed E-state index contributed by atoms with van der Waals surface area (Å²) in [6.07, 6.45) is 4.17. The number of benzene rings is 1. The summed E-state index contributed by atoms with van der Waals surface area (Å²) >= 11 is 11.8. The fraction of sp³-hybridized carbons (Fsp3) is 0.167. The fourth-order valence-corrected chi connectivity index (χ4v) is 2.09. The van der Waals surface area contributed by atoms with Crippen molar-refractivity contribution in [3.8, 4) is 5.75 Å². The lowest BCUT2D eigenvalue weighted by molar-refractivity contribution is 0.111. The minimum Gasteiger partial charge on any atom is -0.486 e. The predicted molar refractivity (Wildman–Crippen MR) is 69.4 cm³/mol. The normalized spacial score (nSPS) is 10.4. The van der Waals surface area contributed by atoms with Crippen LogP contribution in [0.1, 0.15) is 15.9 Å². The SMILES string of the molecule is Cn1cc(COc2c(Cl)cc(Cl)cc2C=O)cn1. The van der Waals surface area contributed by atoms with Crippen molar-refractivity contribution in [1.82, 2.24) is 9.78 Å². The molecule has 0 saturated carbocycles. The van der Waals surface area contributed by atoms with Gasteiger partial charge in [-0.15, -0.1) is 0 Å². The number of hydrogen-bond donors (Lipinski definition) is 0. The van der Waals surface area contributed by atoms with E-state index in [1.165, 1.54) is 12.1 Å². The maximum absolute atomic E-state index is 10.9. The van der Waals surface area contributed by atoms with Crippen molar-refractivity contribution >= 4 is 29.5 Å². The number of ether oxygens (including phenoxy) is 1. The highest BCUT2D eigenvalue weighted by atomic mass is 35.5. The van der Waals surface area contributed by atoms with E-state index in [9.17, 15) is 4.79 Å². The van der Waals surface area contributed by atoms with Gasteiger partial charge in [0.05, 0.1) is 16.8 Å². The second-order valence-corrected chi connectivity index (χ2v) is 4.58. The predicted octanol–water partition coefficient (Wildman–Crippen LogP) is 3.12. The number of nitrogens with zero attached hydrogens (tertiary/aromatic N) is 2. The van der Waals surface area contributed by atoms with Gasteiger partial charge in [0.15, 0.2) is 6.29 Å². The molecule has 0 spiro atoms. The maximum Gasteiger partial charge on any atom is 0.153 e. The molecule has 2 rings (SSSR count). The fourth-order valence-electron chi connectivity index (χ4n) is 1.52. The zero-order valence-electron chi connectivity index (χ0n) is 9.56. The van der Waals surface area contributed by atoms with Gasteiger partial charge >= 0.3 is 0 Å². The Kier molecular flexibility index (Phi) is 3.89. The van der Waals surface area contributed by atoms with Crippen LogP contribution in [0.2, 0.25) is 10.0 Å². The van der Waals surface area contributed by atoms with E-state index in [4.69, 9.17) is 27.9 Å². The van der Waals surface area contributed by atoms with E-state index in [0.29, 0.717) is 27.6 Å². The van der Waals surface area contributed by atoms with Crippen LogP contribution in [0.25, 0.3) is 0 Å². The minimum absolute atomic E-state index is 0.288. The van der Waals surface area contributed by atoms with E-state index in [2.05, 4.69) is 5.10 Å². The number of carbonyl (C=O) groups is 1. The van der Waals surface area contributed by atoms with Crippen LogP contribution in [0.15, 0.2) is 24.5 Å². The maximum atomic E-state index is 10.9. The molecule has 1 aromatic carbocycles. The van der Waals surface area contributed by atoms with Crippen LogP contribution in [0.3, 0.4) is 0 Å². The summed E-state index contributed by atoms with van der Waals surface area (Å²) in [5.74, 6) is 0.333. The van der Waals surface area contributed by atoms with Crippen LogP contribution in [0.4, 0.5) is 0 Å². The van der Waals surface area contributed by atoms with Gasteiger partial charge in [-0.1, -0.05) is 23.2 Å². The average molecular weight is 285 g/mol. The van der Waals surface area contributed by atoms with Gasteiger partial charge in [0.2, 0.25) is 0 Å². The van der Waals surface area contributed by atoms with Gasteiger partial charge in [0.25, 0.3) is 0 Å². The first-order valence-corrected chi connectivity index (χ1v) is 5.90. The van der Waals surface area contributed by atoms with Crippen molar-refractivity contribution in [2.24, 2.45) is 7.05 Å². The zero-order chi connectivity index (χ0) is 13.1. The molecule has 0 amide bonds. The van der Waals surface area contributed by atoms with Crippen LogP contribution in [0, 0.1) is 0 Å². The first-order chi connectivity index (χ1) is 8.60. The number of halogens is 2. The quantitative estimate of drug-likeness (QED) is 0.811. The molecule has 0 aliphatic heterocycles. The Bertz CT molecular complexity index is 581. The molecule has 0 radical (unpaired) electrons. The summed E-state index contributed by atoms with van der Waals surface area (Å²) in [7, 11) is 1.82. The molecule has 0 unspecified atom stereocenters. The smallest absolute Gasteiger partial charge is 0.153 e. The molecule has 2 aromatic rings. The molecular formula is C12H10Cl2N2O2. The lowest BCUT2D eigenvalue weighted by Crippen LogP contribution is -1.98. The van der Waals surface area contributed by atoms with Gasteiger partial charge < -0.3 is 4.74 Å². The summed E-state index contributed by atoms with van der Waals surface area (Å²) in [5.41, 5.74) is 1.22. The summed E-state index contributed by atoms with van der Waals surface area (Å²) < 4.78 is 7.21. The monoisotopic (exact) mass is 284 g/mol. The molecule has 0 N–H and O–H groups in total. The molecule has 0 atom stereocenters. The van der Waals surface area contributed by atoms with Gasteiger partial charge in [0.1, 0.15) is 12.4 Å². The van der Waals surface area contributed by atoms with Crippen molar-refractivity contribution in [3.05, 3.63) is 45.7 Å². The van der Waals surface area contributed by atoms with Crippen LogP contribution in [0.5, 0.6) is 5.75 Å². The lowest BCUT2D eigenvalue weighted by atomic mass is 10.2. The minimum atomic E-state index is 0.288. The van der Waals surface area contributed by atoms with Crippen LogP contribution in [-0.2, 0) is 13.7 Å².